The Morgan fingerprint density at radius 3 is 2.74 bits per heavy atom. The van der Waals surface area contributed by atoms with E-state index in [2.05, 4.69) is 10.5 Å². The Bertz CT molecular complexity index is 696. The lowest BCUT2D eigenvalue weighted by atomic mass is 10.2. The fraction of sp³-hybridized carbons (Fsp3) is 0.375. The van der Waals surface area contributed by atoms with Crippen molar-refractivity contribution in [2.75, 3.05) is 18.2 Å². The van der Waals surface area contributed by atoms with E-state index in [4.69, 9.17) is 20.9 Å². The van der Waals surface area contributed by atoms with Gasteiger partial charge in [0.2, 0.25) is 5.91 Å². The average molecular weight is 355 g/mol. The number of ether oxygens (including phenoxy) is 1. The van der Waals surface area contributed by atoms with Gasteiger partial charge < -0.3 is 14.6 Å². The molecule has 0 spiro atoms. The van der Waals surface area contributed by atoms with E-state index in [1.54, 1.807) is 19.2 Å². The molecular weight excluding hydrogens is 336 g/mol. The minimum Gasteiger partial charge on any atom is -0.495 e. The third kappa shape index (κ3) is 4.42. The van der Waals surface area contributed by atoms with E-state index >= 15 is 0 Å². The van der Waals surface area contributed by atoms with Gasteiger partial charge in [0.25, 0.3) is 0 Å². The number of hydrogen-bond acceptors (Lipinski definition) is 5. The molecule has 0 fully saturated rings. The molecule has 23 heavy (non-hydrogen) atoms. The number of halogens is 1. The van der Waals surface area contributed by atoms with Gasteiger partial charge in [0.15, 0.2) is 0 Å². The van der Waals surface area contributed by atoms with Gasteiger partial charge in [-0.25, -0.2) is 0 Å². The monoisotopic (exact) mass is 354 g/mol. The number of carbonyl (C=O) groups is 1. The minimum atomic E-state index is -0.0956. The summed E-state index contributed by atoms with van der Waals surface area (Å²) in [7, 11) is 1.54. The molecule has 0 unspecified atom stereocenters. The molecule has 0 aliphatic rings. The van der Waals surface area contributed by atoms with Crippen LogP contribution in [0.15, 0.2) is 16.7 Å². The normalized spacial score (nSPS) is 10.7. The largest absolute Gasteiger partial charge is 0.495 e. The fourth-order valence-electron chi connectivity index (χ4n) is 2.07. The number of nitrogens with one attached hydrogen (secondary N) is 1. The first-order valence-electron chi connectivity index (χ1n) is 7.05. The molecule has 0 atom stereocenters. The Balaban J connectivity index is 1.94. The van der Waals surface area contributed by atoms with Crippen LogP contribution in [0, 0.1) is 20.8 Å². The van der Waals surface area contributed by atoms with E-state index in [1.807, 2.05) is 20.8 Å². The van der Waals surface area contributed by atoms with Gasteiger partial charge in [-0.2, -0.15) is 0 Å². The summed E-state index contributed by atoms with van der Waals surface area (Å²) >= 11 is 7.57. The summed E-state index contributed by atoms with van der Waals surface area (Å²) in [6, 6.07) is 3.50. The van der Waals surface area contributed by atoms with E-state index in [0.717, 1.165) is 22.6 Å². The lowest BCUT2D eigenvalue weighted by Gasteiger charge is -2.12. The highest BCUT2D eigenvalue weighted by atomic mass is 35.5. The highest BCUT2D eigenvalue weighted by molar-refractivity contribution is 7.99. The van der Waals surface area contributed by atoms with Crippen molar-refractivity contribution < 1.29 is 14.1 Å². The number of nitrogens with zero attached hydrogens (tertiary/aromatic N) is 1. The number of methoxy groups -OCH3 is 1. The Morgan fingerprint density at radius 1 is 1.39 bits per heavy atom. The zero-order valence-electron chi connectivity index (χ0n) is 13.5. The van der Waals surface area contributed by atoms with E-state index < -0.39 is 0 Å². The van der Waals surface area contributed by atoms with Crippen molar-refractivity contribution in [3.05, 3.63) is 39.7 Å². The van der Waals surface area contributed by atoms with E-state index in [1.165, 1.54) is 11.8 Å². The molecular formula is C16H19ClN2O3S. The molecule has 0 aliphatic heterocycles. The number of amides is 1. The molecule has 1 amide bonds. The summed E-state index contributed by atoms with van der Waals surface area (Å²) in [5, 5.41) is 7.37. The van der Waals surface area contributed by atoms with Gasteiger partial charge >= 0.3 is 0 Å². The SMILES string of the molecule is COc1cc(Cl)c(C)cc1NC(=O)CSCc1c(C)noc1C. The topological polar surface area (TPSA) is 64.4 Å². The molecule has 5 nitrogen and oxygen atoms in total. The Kier molecular flexibility index (Phi) is 5.96. The maximum atomic E-state index is 12.1. The van der Waals surface area contributed by atoms with Crippen molar-refractivity contribution in [3.63, 3.8) is 0 Å². The third-order valence-corrected chi connectivity index (χ3v) is 4.78. The molecule has 0 bridgehead atoms. The lowest BCUT2D eigenvalue weighted by molar-refractivity contribution is -0.113. The molecule has 1 heterocycles. The standard InChI is InChI=1S/C16H19ClN2O3S/c1-9-5-14(15(21-4)6-13(9)17)18-16(20)8-23-7-12-10(2)19-22-11(12)3/h5-6H,7-8H2,1-4H3,(H,18,20). The van der Waals surface area contributed by atoms with E-state index in [9.17, 15) is 4.79 Å². The molecule has 7 heteroatoms. The molecule has 124 valence electrons. The van der Waals surface area contributed by atoms with E-state index in [0.29, 0.717) is 28.0 Å². The van der Waals surface area contributed by atoms with Crippen LogP contribution in [0.25, 0.3) is 0 Å². The number of rotatable bonds is 6. The van der Waals surface area contributed by atoms with E-state index in [-0.39, 0.29) is 5.91 Å². The molecule has 0 saturated heterocycles. The number of thioether (sulfide) groups is 1. The second kappa shape index (κ2) is 7.75. The number of aryl methyl sites for hydroxylation is 3. The molecule has 2 aromatic rings. The van der Waals surface area contributed by atoms with Gasteiger partial charge in [-0.3, -0.25) is 4.79 Å². The van der Waals surface area contributed by atoms with Gasteiger partial charge in [-0.15, -0.1) is 11.8 Å². The Morgan fingerprint density at radius 2 is 2.13 bits per heavy atom. The quantitative estimate of drug-likeness (QED) is 0.844. The fourth-order valence-corrected chi connectivity index (χ4v) is 3.20. The van der Waals surface area contributed by atoms with Gasteiger partial charge in [0, 0.05) is 22.4 Å². The Labute approximate surface area is 144 Å². The van der Waals surface area contributed by atoms with Crippen LogP contribution in [-0.2, 0) is 10.5 Å². The zero-order valence-corrected chi connectivity index (χ0v) is 15.1. The highest BCUT2D eigenvalue weighted by Gasteiger charge is 2.12. The van der Waals surface area contributed by atoms with Crippen molar-refractivity contribution in [2.45, 2.75) is 26.5 Å². The number of carbonyl (C=O) groups excluding carboxylic acids is 1. The van der Waals surface area contributed by atoms with Crippen molar-refractivity contribution in [1.29, 1.82) is 0 Å². The van der Waals surface area contributed by atoms with Gasteiger partial charge in [-0.05, 0) is 32.4 Å². The lowest BCUT2D eigenvalue weighted by Crippen LogP contribution is -2.15. The second-order valence-corrected chi connectivity index (χ2v) is 6.54. The molecule has 0 saturated carbocycles. The molecule has 1 aromatic heterocycles. The van der Waals surface area contributed by atoms with Crippen molar-refractivity contribution in [2.24, 2.45) is 0 Å². The average Bonchev–Trinajstić information content (AvgIpc) is 2.82. The van der Waals surface area contributed by atoms with Crippen LogP contribution in [0.1, 0.15) is 22.6 Å². The molecule has 1 N–H and O–H groups in total. The Hall–Kier alpha value is -1.66. The number of aromatic nitrogens is 1. The van der Waals surface area contributed by atoms with Crippen LogP contribution in [0.5, 0.6) is 5.75 Å². The highest BCUT2D eigenvalue weighted by Crippen LogP contribution is 2.31. The molecule has 0 aliphatic carbocycles. The molecule has 2 rings (SSSR count). The van der Waals surface area contributed by atoms with Crippen LogP contribution >= 0.6 is 23.4 Å². The predicted octanol–water partition coefficient (Wildman–Crippen LogP) is 4.13. The van der Waals surface area contributed by atoms with Crippen LogP contribution < -0.4 is 10.1 Å². The van der Waals surface area contributed by atoms with Crippen LogP contribution in [0.2, 0.25) is 5.02 Å². The van der Waals surface area contributed by atoms with Crippen molar-refractivity contribution in [3.8, 4) is 5.75 Å². The summed E-state index contributed by atoms with van der Waals surface area (Å²) in [6.45, 7) is 5.65. The summed E-state index contributed by atoms with van der Waals surface area (Å²) in [4.78, 5) is 12.1. The molecule has 0 radical (unpaired) electrons. The first-order valence-corrected chi connectivity index (χ1v) is 8.59. The number of benzene rings is 1. The zero-order chi connectivity index (χ0) is 17.0. The minimum absolute atomic E-state index is 0.0956. The number of hydrogen-bond donors (Lipinski definition) is 1. The van der Waals surface area contributed by atoms with Crippen LogP contribution in [-0.4, -0.2) is 23.9 Å². The maximum Gasteiger partial charge on any atom is 0.234 e. The van der Waals surface area contributed by atoms with Crippen LogP contribution in [0.4, 0.5) is 5.69 Å². The van der Waals surface area contributed by atoms with Gasteiger partial charge in [0.05, 0.1) is 24.2 Å². The second-order valence-electron chi connectivity index (χ2n) is 5.15. The summed E-state index contributed by atoms with van der Waals surface area (Å²) in [6.07, 6.45) is 0. The van der Waals surface area contributed by atoms with Crippen molar-refractivity contribution >= 4 is 35.0 Å². The first kappa shape index (κ1) is 17.7. The third-order valence-electron chi connectivity index (χ3n) is 3.42. The summed E-state index contributed by atoms with van der Waals surface area (Å²) < 4.78 is 10.4. The number of anilines is 1. The molecule has 1 aromatic carbocycles. The smallest absolute Gasteiger partial charge is 0.234 e. The first-order chi connectivity index (χ1) is 10.9. The maximum absolute atomic E-state index is 12.1. The summed E-state index contributed by atoms with van der Waals surface area (Å²) in [5.74, 6) is 2.26. The van der Waals surface area contributed by atoms with Gasteiger partial charge in [-0.1, -0.05) is 16.8 Å². The van der Waals surface area contributed by atoms with Crippen molar-refractivity contribution in [1.82, 2.24) is 5.16 Å². The predicted molar refractivity (Wildman–Crippen MR) is 93.5 cm³/mol. The van der Waals surface area contributed by atoms with Gasteiger partial charge in [0.1, 0.15) is 11.5 Å². The summed E-state index contributed by atoms with van der Waals surface area (Å²) in [5.41, 5.74) is 3.41. The van der Waals surface area contributed by atoms with Crippen LogP contribution in [0.3, 0.4) is 0 Å².